The number of benzene rings is 1. The van der Waals surface area contributed by atoms with Gasteiger partial charge in [0.2, 0.25) is 5.91 Å². The lowest BCUT2D eigenvalue weighted by Crippen LogP contribution is -2.46. The molecule has 0 aromatic heterocycles. The normalized spacial score (nSPS) is 15.0. The maximum absolute atomic E-state index is 12.4. The van der Waals surface area contributed by atoms with Crippen molar-refractivity contribution in [3.05, 3.63) is 35.4 Å². The largest absolute Gasteiger partial charge is 0.416 e. The highest BCUT2D eigenvalue weighted by Crippen LogP contribution is 2.29. The lowest BCUT2D eigenvalue weighted by molar-refractivity contribution is -0.137. The lowest BCUT2D eigenvalue weighted by Gasteiger charge is -2.21. The molecule has 0 aliphatic heterocycles. The Hall–Kier alpha value is -1.60. The van der Waals surface area contributed by atoms with E-state index in [9.17, 15) is 23.1 Å². The van der Waals surface area contributed by atoms with E-state index in [1.807, 2.05) is 0 Å². The van der Waals surface area contributed by atoms with Crippen LogP contribution in [0.15, 0.2) is 24.3 Å². The van der Waals surface area contributed by atoms with Gasteiger partial charge in [-0.05, 0) is 23.6 Å². The molecular formula is C14H19F3N2O2. The first-order chi connectivity index (χ1) is 9.62. The summed E-state index contributed by atoms with van der Waals surface area (Å²) in [4.78, 5) is 11.2. The molecule has 0 spiro atoms. The minimum atomic E-state index is -4.41. The summed E-state index contributed by atoms with van der Waals surface area (Å²) >= 11 is 0. The van der Waals surface area contributed by atoms with Crippen LogP contribution in [0.4, 0.5) is 13.2 Å². The van der Waals surface area contributed by atoms with Crippen LogP contribution in [0.3, 0.4) is 0 Å². The number of rotatable bonds is 6. The van der Waals surface area contributed by atoms with Crippen LogP contribution in [-0.2, 0) is 11.0 Å². The van der Waals surface area contributed by atoms with Crippen molar-refractivity contribution in [1.29, 1.82) is 0 Å². The Morgan fingerprint density at radius 2 is 1.81 bits per heavy atom. The van der Waals surface area contributed by atoms with Gasteiger partial charge in [-0.2, -0.15) is 13.2 Å². The molecule has 2 unspecified atom stereocenters. The molecule has 0 saturated heterocycles. The van der Waals surface area contributed by atoms with Gasteiger partial charge >= 0.3 is 6.18 Å². The third-order valence-corrected chi connectivity index (χ3v) is 3.13. The molecule has 0 fully saturated rings. The summed E-state index contributed by atoms with van der Waals surface area (Å²) < 4.78 is 37.3. The fourth-order valence-electron chi connectivity index (χ4n) is 1.92. The van der Waals surface area contributed by atoms with Crippen molar-refractivity contribution < 1.29 is 23.1 Å². The van der Waals surface area contributed by atoms with Crippen molar-refractivity contribution in [3.63, 3.8) is 0 Å². The lowest BCUT2D eigenvalue weighted by atomic mass is 10.0. The summed E-state index contributed by atoms with van der Waals surface area (Å²) in [6.45, 7) is 3.62. The first-order valence-corrected chi connectivity index (χ1v) is 6.51. The van der Waals surface area contributed by atoms with Crippen LogP contribution >= 0.6 is 0 Å². The molecule has 4 N–H and O–H groups in total. The van der Waals surface area contributed by atoms with Gasteiger partial charge in [-0.15, -0.1) is 0 Å². The summed E-state index contributed by atoms with van der Waals surface area (Å²) in [6, 6.07) is 3.64. The van der Waals surface area contributed by atoms with E-state index in [0.717, 1.165) is 12.1 Å². The van der Waals surface area contributed by atoms with Crippen LogP contribution < -0.4 is 11.1 Å². The Balaban J connectivity index is 2.68. The number of aliphatic hydroxyl groups excluding tert-OH is 1. The smallest absolute Gasteiger partial charge is 0.387 e. The van der Waals surface area contributed by atoms with Gasteiger partial charge in [-0.3, -0.25) is 4.79 Å². The van der Waals surface area contributed by atoms with Crippen LogP contribution in [0.5, 0.6) is 0 Å². The molecule has 0 heterocycles. The average molecular weight is 304 g/mol. The molecule has 0 aliphatic rings. The van der Waals surface area contributed by atoms with E-state index in [2.05, 4.69) is 5.32 Å². The predicted octanol–water partition coefficient (Wildman–Crippen LogP) is 1.84. The van der Waals surface area contributed by atoms with Gasteiger partial charge in [0.1, 0.15) is 0 Å². The second-order valence-electron chi connectivity index (χ2n) is 5.17. The molecule has 1 amide bonds. The second-order valence-corrected chi connectivity index (χ2v) is 5.17. The van der Waals surface area contributed by atoms with Crippen molar-refractivity contribution in [1.82, 2.24) is 5.32 Å². The summed E-state index contributed by atoms with van der Waals surface area (Å²) in [5, 5.41) is 12.7. The van der Waals surface area contributed by atoms with Crippen LogP contribution in [-0.4, -0.2) is 23.6 Å². The number of alkyl halides is 3. The van der Waals surface area contributed by atoms with Crippen molar-refractivity contribution >= 4 is 5.91 Å². The molecule has 1 aromatic carbocycles. The minimum Gasteiger partial charge on any atom is -0.387 e. The second kappa shape index (κ2) is 6.91. The predicted molar refractivity (Wildman–Crippen MR) is 72.2 cm³/mol. The number of nitrogens with two attached hydrogens (primary N) is 1. The number of primary amides is 1. The average Bonchev–Trinajstić information content (AvgIpc) is 2.37. The summed E-state index contributed by atoms with van der Waals surface area (Å²) in [5.74, 6) is -0.591. The zero-order chi connectivity index (χ0) is 16.2. The molecular weight excluding hydrogens is 285 g/mol. The Morgan fingerprint density at radius 1 is 1.29 bits per heavy atom. The van der Waals surface area contributed by atoms with E-state index in [4.69, 9.17) is 5.73 Å². The first-order valence-electron chi connectivity index (χ1n) is 6.51. The van der Waals surface area contributed by atoms with Crippen molar-refractivity contribution in [2.75, 3.05) is 6.54 Å². The monoisotopic (exact) mass is 304 g/mol. The molecule has 0 bridgehead atoms. The van der Waals surface area contributed by atoms with Crippen LogP contribution in [0, 0.1) is 5.92 Å². The van der Waals surface area contributed by atoms with Crippen molar-refractivity contribution in [3.8, 4) is 0 Å². The van der Waals surface area contributed by atoms with Gasteiger partial charge in [-0.25, -0.2) is 0 Å². The fraction of sp³-hybridized carbons (Fsp3) is 0.500. The third-order valence-electron chi connectivity index (χ3n) is 3.13. The highest BCUT2D eigenvalue weighted by molar-refractivity contribution is 5.80. The maximum Gasteiger partial charge on any atom is 0.416 e. The van der Waals surface area contributed by atoms with E-state index < -0.39 is 29.8 Å². The Morgan fingerprint density at radius 3 is 2.19 bits per heavy atom. The summed E-state index contributed by atoms with van der Waals surface area (Å²) in [6.07, 6.45) is -5.43. The molecule has 1 rings (SSSR count). The van der Waals surface area contributed by atoms with E-state index in [1.54, 1.807) is 13.8 Å². The Labute approximate surface area is 121 Å². The van der Waals surface area contributed by atoms with E-state index in [1.165, 1.54) is 12.1 Å². The van der Waals surface area contributed by atoms with Crippen LogP contribution in [0.2, 0.25) is 0 Å². The molecule has 7 heteroatoms. The van der Waals surface area contributed by atoms with Crippen LogP contribution in [0.25, 0.3) is 0 Å². The van der Waals surface area contributed by atoms with Crippen molar-refractivity contribution in [2.45, 2.75) is 32.2 Å². The number of carbonyl (C=O) groups excluding carboxylic acids is 1. The van der Waals surface area contributed by atoms with Gasteiger partial charge in [0.05, 0.1) is 17.7 Å². The minimum absolute atomic E-state index is 0.0250. The summed E-state index contributed by atoms with van der Waals surface area (Å²) in [5.41, 5.74) is 4.78. The molecule has 118 valence electrons. The molecule has 0 aliphatic carbocycles. The van der Waals surface area contributed by atoms with E-state index in [0.29, 0.717) is 5.56 Å². The van der Waals surface area contributed by atoms with Gasteiger partial charge in [0.25, 0.3) is 0 Å². The summed E-state index contributed by atoms with van der Waals surface area (Å²) in [7, 11) is 0. The number of amides is 1. The van der Waals surface area contributed by atoms with Crippen molar-refractivity contribution in [2.24, 2.45) is 11.7 Å². The maximum atomic E-state index is 12.4. The molecule has 1 aromatic rings. The van der Waals surface area contributed by atoms with Crippen LogP contribution in [0.1, 0.15) is 31.1 Å². The topological polar surface area (TPSA) is 75.3 Å². The highest BCUT2D eigenvalue weighted by atomic mass is 19.4. The zero-order valence-corrected chi connectivity index (χ0v) is 11.8. The zero-order valence-electron chi connectivity index (χ0n) is 11.8. The van der Waals surface area contributed by atoms with E-state index >= 15 is 0 Å². The SMILES string of the molecule is CC(C)C(NCC(O)c1ccc(C(F)(F)F)cc1)C(N)=O. The number of carbonyl (C=O) groups is 1. The number of nitrogens with one attached hydrogen (secondary N) is 1. The van der Waals surface area contributed by atoms with E-state index in [-0.39, 0.29) is 12.5 Å². The van der Waals surface area contributed by atoms with Gasteiger partial charge in [0.15, 0.2) is 0 Å². The molecule has 0 saturated carbocycles. The Kier molecular flexibility index (Phi) is 5.74. The first kappa shape index (κ1) is 17.5. The molecule has 4 nitrogen and oxygen atoms in total. The molecule has 21 heavy (non-hydrogen) atoms. The number of hydrogen-bond donors (Lipinski definition) is 3. The number of halogens is 3. The number of aliphatic hydroxyl groups is 1. The molecule has 0 radical (unpaired) electrons. The highest BCUT2D eigenvalue weighted by Gasteiger charge is 2.30. The number of hydrogen-bond acceptors (Lipinski definition) is 3. The van der Waals surface area contributed by atoms with Gasteiger partial charge in [-0.1, -0.05) is 26.0 Å². The fourth-order valence-corrected chi connectivity index (χ4v) is 1.92. The van der Waals surface area contributed by atoms with Gasteiger partial charge in [0, 0.05) is 6.54 Å². The Bertz CT molecular complexity index is 472. The standard InChI is InChI=1S/C14H19F3N2O2/c1-8(2)12(13(18)21)19-7-11(20)9-3-5-10(6-4-9)14(15,16)17/h3-6,8,11-12,19-20H,7H2,1-2H3,(H2,18,21). The molecule has 2 atom stereocenters. The third kappa shape index (κ3) is 5.02. The van der Waals surface area contributed by atoms with Gasteiger partial charge < -0.3 is 16.2 Å². The quantitative estimate of drug-likeness (QED) is 0.750.